The molecule has 0 saturated heterocycles. The number of nitro groups is 1. The molecule has 112 valence electrons. The molecule has 22 heavy (non-hydrogen) atoms. The van der Waals surface area contributed by atoms with Crippen LogP contribution in [0.4, 0.5) is 10.8 Å². The van der Waals surface area contributed by atoms with Gasteiger partial charge in [0.05, 0.1) is 4.92 Å². The molecule has 2 aromatic heterocycles. The van der Waals surface area contributed by atoms with Gasteiger partial charge in [0.2, 0.25) is 0 Å². The molecule has 0 unspecified atom stereocenters. The van der Waals surface area contributed by atoms with Crippen LogP contribution in [0, 0.1) is 10.1 Å². The highest BCUT2D eigenvalue weighted by molar-refractivity contribution is 7.13. The summed E-state index contributed by atoms with van der Waals surface area (Å²) in [6, 6.07) is 4.04. The summed E-state index contributed by atoms with van der Waals surface area (Å²) in [6.45, 7) is -0.333. The standard InChI is InChI=1S/C11H8N6O4S/c18-10(13-11-12-3-4-22-11)6-21-16-9-5-7(17(19)20)1-2-8(9)14-15-16/h1-5H,6H2,(H,12,13,18). The number of thiazole rings is 1. The van der Waals surface area contributed by atoms with Crippen molar-refractivity contribution in [3.8, 4) is 0 Å². The molecule has 0 bridgehead atoms. The number of fused-ring (bicyclic) bond motifs is 1. The molecule has 0 radical (unpaired) electrons. The Morgan fingerprint density at radius 1 is 1.50 bits per heavy atom. The molecule has 1 amide bonds. The van der Waals surface area contributed by atoms with Gasteiger partial charge >= 0.3 is 0 Å². The average molecular weight is 320 g/mol. The van der Waals surface area contributed by atoms with Gasteiger partial charge in [0.1, 0.15) is 11.0 Å². The molecular weight excluding hydrogens is 312 g/mol. The Morgan fingerprint density at radius 3 is 3.09 bits per heavy atom. The van der Waals surface area contributed by atoms with E-state index in [1.807, 2.05) is 0 Å². The van der Waals surface area contributed by atoms with Gasteiger partial charge in [-0.1, -0.05) is 4.85 Å². The Kier molecular flexibility index (Phi) is 3.62. The number of rotatable bonds is 5. The van der Waals surface area contributed by atoms with Crippen molar-refractivity contribution in [3.05, 3.63) is 39.9 Å². The second-order valence-corrected chi connectivity index (χ2v) is 4.95. The Hall–Kier alpha value is -3.08. The fourth-order valence-electron chi connectivity index (χ4n) is 1.66. The number of carbonyl (C=O) groups excluding carboxylic acids is 1. The zero-order chi connectivity index (χ0) is 15.5. The normalized spacial score (nSPS) is 10.5. The molecule has 0 fully saturated rings. The maximum atomic E-state index is 11.7. The zero-order valence-corrected chi connectivity index (χ0v) is 11.7. The molecule has 1 N–H and O–H groups in total. The van der Waals surface area contributed by atoms with Crippen LogP contribution in [0.15, 0.2) is 29.8 Å². The fourth-order valence-corrected chi connectivity index (χ4v) is 2.20. The lowest BCUT2D eigenvalue weighted by Crippen LogP contribution is -2.26. The molecule has 3 rings (SSSR count). The van der Waals surface area contributed by atoms with Crippen molar-refractivity contribution in [2.75, 3.05) is 11.9 Å². The summed E-state index contributed by atoms with van der Waals surface area (Å²) in [4.78, 5) is 32.0. The largest absolute Gasteiger partial charge is 0.385 e. The first-order valence-corrected chi connectivity index (χ1v) is 6.84. The molecule has 0 aliphatic heterocycles. The summed E-state index contributed by atoms with van der Waals surface area (Å²) in [6.07, 6.45) is 1.56. The Bertz CT molecular complexity index is 830. The number of nitro benzene ring substituents is 1. The zero-order valence-electron chi connectivity index (χ0n) is 10.9. The summed E-state index contributed by atoms with van der Waals surface area (Å²) in [5.41, 5.74) is 0.606. The number of benzene rings is 1. The van der Waals surface area contributed by atoms with E-state index in [2.05, 4.69) is 20.6 Å². The molecule has 11 heteroatoms. The van der Waals surface area contributed by atoms with Crippen molar-refractivity contribution in [3.63, 3.8) is 0 Å². The minimum absolute atomic E-state index is 0.119. The number of carbonyl (C=O) groups is 1. The van der Waals surface area contributed by atoms with Crippen LogP contribution in [-0.2, 0) is 4.79 Å². The van der Waals surface area contributed by atoms with Crippen molar-refractivity contribution in [1.82, 2.24) is 20.1 Å². The first-order chi connectivity index (χ1) is 10.6. The average Bonchev–Trinajstić information content (AvgIpc) is 3.13. The van der Waals surface area contributed by atoms with Gasteiger partial charge in [-0.25, -0.2) is 4.98 Å². The minimum Gasteiger partial charge on any atom is -0.385 e. The van der Waals surface area contributed by atoms with E-state index < -0.39 is 10.8 Å². The van der Waals surface area contributed by atoms with Gasteiger partial charge in [0, 0.05) is 23.7 Å². The van der Waals surface area contributed by atoms with E-state index in [-0.39, 0.29) is 12.3 Å². The number of amides is 1. The highest BCUT2D eigenvalue weighted by Gasteiger charge is 2.13. The van der Waals surface area contributed by atoms with Crippen LogP contribution in [0.2, 0.25) is 0 Å². The second kappa shape index (κ2) is 5.73. The first kappa shape index (κ1) is 13.9. The third kappa shape index (κ3) is 2.83. The Morgan fingerprint density at radius 2 is 2.36 bits per heavy atom. The molecule has 3 aromatic rings. The van der Waals surface area contributed by atoms with Gasteiger partial charge in [-0.05, 0) is 11.3 Å². The van der Waals surface area contributed by atoms with Crippen LogP contribution >= 0.6 is 11.3 Å². The number of hydrogen-bond donors (Lipinski definition) is 1. The van der Waals surface area contributed by atoms with E-state index in [4.69, 9.17) is 4.84 Å². The van der Waals surface area contributed by atoms with E-state index in [1.165, 1.54) is 29.5 Å². The van der Waals surface area contributed by atoms with Gasteiger partial charge in [0.25, 0.3) is 11.6 Å². The van der Waals surface area contributed by atoms with Crippen molar-refractivity contribution in [2.24, 2.45) is 0 Å². The molecule has 0 spiro atoms. The molecule has 0 saturated carbocycles. The summed E-state index contributed by atoms with van der Waals surface area (Å²) >= 11 is 1.27. The smallest absolute Gasteiger partial charge is 0.271 e. The second-order valence-electron chi connectivity index (χ2n) is 4.05. The lowest BCUT2D eigenvalue weighted by atomic mass is 10.3. The third-order valence-corrected chi connectivity index (χ3v) is 3.29. The summed E-state index contributed by atoms with van der Waals surface area (Å²) in [5.74, 6) is -0.427. The van der Waals surface area contributed by atoms with E-state index in [0.29, 0.717) is 16.2 Å². The SMILES string of the molecule is O=C(COn1nnc2ccc([N+](=O)[O-])cc21)Nc1nccs1. The van der Waals surface area contributed by atoms with Gasteiger partial charge in [-0.15, -0.1) is 16.4 Å². The van der Waals surface area contributed by atoms with Crippen molar-refractivity contribution >= 4 is 39.1 Å². The first-order valence-electron chi connectivity index (χ1n) is 5.96. The fraction of sp³-hybridized carbons (Fsp3) is 0.0909. The van der Waals surface area contributed by atoms with Gasteiger partial charge < -0.3 is 4.84 Å². The number of nitrogens with one attached hydrogen (secondary N) is 1. The van der Waals surface area contributed by atoms with Crippen molar-refractivity contribution < 1.29 is 14.6 Å². The predicted octanol–water partition coefficient (Wildman–Crippen LogP) is 0.863. The van der Waals surface area contributed by atoms with E-state index in [1.54, 1.807) is 11.6 Å². The van der Waals surface area contributed by atoms with E-state index in [9.17, 15) is 14.9 Å². The monoisotopic (exact) mass is 320 g/mol. The van der Waals surface area contributed by atoms with Crippen molar-refractivity contribution in [2.45, 2.75) is 0 Å². The number of hydrogen-bond acceptors (Lipinski definition) is 8. The van der Waals surface area contributed by atoms with Crippen LogP contribution in [0.5, 0.6) is 0 Å². The van der Waals surface area contributed by atoms with Gasteiger partial charge in [0.15, 0.2) is 11.7 Å². The molecular formula is C11H8N6O4S. The van der Waals surface area contributed by atoms with Crippen molar-refractivity contribution in [1.29, 1.82) is 0 Å². The summed E-state index contributed by atoms with van der Waals surface area (Å²) in [7, 11) is 0. The van der Waals surface area contributed by atoms with Crippen LogP contribution in [0.1, 0.15) is 0 Å². The highest BCUT2D eigenvalue weighted by atomic mass is 32.1. The molecule has 10 nitrogen and oxygen atoms in total. The lowest BCUT2D eigenvalue weighted by Gasteiger charge is -2.04. The number of nitrogens with zero attached hydrogens (tertiary/aromatic N) is 5. The number of aromatic nitrogens is 4. The Balaban J connectivity index is 1.72. The third-order valence-electron chi connectivity index (χ3n) is 2.61. The number of anilines is 1. The number of non-ortho nitro benzene ring substituents is 1. The van der Waals surface area contributed by atoms with E-state index in [0.717, 1.165) is 4.85 Å². The Labute approximate surface area is 126 Å². The summed E-state index contributed by atoms with van der Waals surface area (Å²) < 4.78 is 0. The van der Waals surface area contributed by atoms with Gasteiger partial charge in [-0.3, -0.25) is 20.2 Å². The minimum atomic E-state index is -0.536. The van der Waals surface area contributed by atoms with Gasteiger partial charge in [-0.2, -0.15) is 0 Å². The van der Waals surface area contributed by atoms with E-state index >= 15 is 0 Å². The lowest BCUT2D eigenvalue weighted by molar-refractivity contribution is -0.384. The molecule has 0 aliphatic rings. The van der Waals surface area contributed by atoms with Crippen LogP contribution in [0.3, 0.4) is 0 Å². The predicted molar refractivity (Wildman–Crippen MR) is 76.4 cm³/mol. The topological polar surface area (TPSA) is 125 Å². The maximum Gasteiger partial charge on any atom is 0.271 e. The highest BCUT2D eigenvalue weighted by Crippen LogP contribution is 2.18. The van der Waals surface area contributed by atoms with Crippen LogP contribution < -0.4 is 10.2 Å². The molecule has 1 aromatic carbocycles. The summed E-state index contributed by atoms with van der Waals surface area (Å²) in [5, 5.41) is 23.0. The van der Waals surface area contributed by atoms with Crippen LogP contribution in [-0.4, -0.2) is 37.6 Å². The molecule has 0 atom stereocenters. The molecule has 0 aliphatic carbocycles. The quantitative estimate of drug-likeness (QED) is 0.546. The molecule has 2 heterocycles. The van der Waals surface area contributed by atoms with Crippen LogP contribution in [0.25, 0.3) is 11.0 Å². The maximum absolute atomic E-state index is 11.7.